The van der Waals surface area contributed by atoms with E-state index in [2.05, 4.69) is 5.32 Å². The normalized spacial score (nSPS) is 25.7. The molecule has 23 heavy (non-hydrogen) atoms. The van der Waals surface area contributed by atoms with Gasteiger partial charge in [0.15, 0.2) is 0 Å². The van der Waals surface area contributed by atoms with Crippen LogP contribution in [0.3, 0.4) is 0 Å². The Kier molecular flexibility index (Phi) is 3.63. The van der Waals surface area contributed by atoms with Crippen molar-refractivity contribution >= 4 is 29.5 Å². The molecule has 2 aliphatic heterocycles. The van der Waals surface area contributed by atoms with Crippen LogP contribution in [0.5, 0.6) is 0 Å². The Morgan fingerprint density at radius 1 is 1.35 bits per heavy atom. The van der Waals surface area contributed by atoms with Gasteiger partial charge >= 0.3 is 5.97 Å². The second-order valence-electron chi connectivity index (χ2n) is 6.34. The first kappa shape index (κ1) is 15.9. The molecule has 0 aromatic heterocycles. The number of hydrogen-bond acceptors (Lipinski definition) is 4. The minimum Gasteiger partial charge on any atom is -0.480 e. The number of carbonyl (C=O) groups excluding carboxylic acids is 2. The van der Waals surface area contributed by atoms with Gasteiger partial charge in [-0.2, -0.15) is 0 Å². The van der Waals surface area contributed by atoms with Crippen LogP contribution in [-0.4, -0.2) is 44.6 Å². The van der Waals surface area contributed by atoms with E-state index in [-0.39, 0.29) is 11.3 Å². The summed E-state index contributed by atoms with van der Waals surface area (Å²) in [4.78, 5) is 37.9. The molecule has 2 heterocycles. The number of nitrogens with one attached hydrogen (secondary N) is 1. The van der Waals surface area contributed by atoms with Crippen molar-refractivity contribution in [1.82, 2.24) is 10.2 Å². The lowest BCUT2D eigenvalue weighted by molar-refractivity contribution is -0.142. The van der Waals surface area contributed by atoms with Gasteiger partial charge in [0.1, 0.15) is 17.5 Å². The Balaban J connectivity index is 1.94. The van der Waals surface area contributed by atoms with E-state index in [9.17, 15) is 14.4 Å². The second kappa shape index (κ2) is 5.26. The first-order valence-electron chi connectivity index (χ1n) is 7.36. The molecular weight excluding hydrogens is 316 g/mol. The third kappa shape index (κ3) is 2.39. The molecule has 0 bridgehead atoms. The van der Waals surface area contributed by atoms with Crippen molar-refractivity contribution in [3.05, 3.63) is 35.4 Å². The van der Waals surface area contributed by atoms with Gasteiger partial charge in [-0.25, -0.2) is 0 Å². The van der Waals surface area contributed by atoms with E-state index in [0.717, 1.165) is 5.56 Å². The topological polar surface area (TPSA) is 86.7 Å². The van der Waals surface area contributed by atoms with Crippen LogP contribution in [0.25, 0.3) is 0 Å². The summed E-state index contributed by atoms with van der Waals surface area (Å²) in [5, 5.41) is 11.3. The molecule has 2 aliphatic rings. The smallest absolute Gasteiger partial charge is 0.325 e. The van der Waals surface area contributed by atoms with Crippen LogP contribution in [0, 0.1) is 0 Å². The maximum atomic E-state index is 12.7. The molecule has 3 rings (SSSR count). The maximum absolute atomic E-state index is 12.7. The first-order chi connectivity index (χ1) is 10.7. The molecule has 3 atom stereocenters. The molecule has 0 unspecified atom stereocenters. The number of amides is 2. The molecule has 0 spiro atoms. The number of fused-ring (bicyclic) bond motifs is 3. The van der Waals surface area contributed by atoms with Crippen molar-refractivity contribution in [3.8, 4) is 0 Å². The molecule has 0 saturated carbocycles. The highest BCUT2D eigenvalue weighted by atomic mass is 32.2. The van der Waals surface area contributed by atoms with Crippen LogP contribution in [0.4, 0.5) is 0 Å². The predicted octanol–water partition coefficient (Wildman–Crippen LogP) is 1.62. The van der Waals surface area contributed by atoms with E-state index >= 15 is 0 Å². The molecule has 1 fully saturated rings. The van der Waals surface area contributed by atoms with Crippen molar-refractivity contribution in [2.24, 2.45) is 0 Å². The number of carbonyl (C=O) groups is 3. The van der Waals surface area contributed by atoms with Gasteiger partial charge in [0.25, 0.3) is 5.91 Å². The Morgan fingerprint density at radius 2 is 2.00 bits per heavy atom. The fraction of sp³-hybridized carbons (Fsp3) is 0.438. The molecule has 2 amide bonds. The van der Waals surface area contributed by atoms with Gasteiger partial charge < -0.3 is 15.3 Å². The van der Waals surface area contributed by atoms with Gasteiger partial charge in [0.2, 0.25) is 5.91 Å². The summed E-state index contributed by atoms with van der Waals surface area (Å²) in [7, 11) is 0. The van der Waals surface area contributed by atoms with E-state index in [1.807, 2.05) is 26.0 Å². The lowest BCUT2D eigenvalue weighted by Crippen LogP contribution is -2.55. The van der Waals surface area contributed by atoms with Gasteiger partial charge in [0.05, 0.1) is 0 Å². The van der Waals surface area contributed by atoms with Crippen molar-refractivity contribution < 1.29 is 19.5 Å². The zero-order valence-corrected chi connectivity index (χ0v) is 13.9. The maximum Gasteiger partial charge on any atom is 0.325 e. The summed E-state index contributed by atoms with van der Waals surface area (Å²) in [6.07, 6.45) is 0. The quantitative estimate of drug-likeness (QED) is 0.877. The lowest BCUT2D eigenvalue weighted by atomic mass is 10.0. The van der Waals surface area contributed by atoms with Crippen LogP contribution >= 0.6 is 11.8 Å². The van der Waals surface area contributed by atoms with Crippen LogP contribution < -0.4 is 5.32 Å². The zero-order valence-electron chi connectivity index (χ0n) is 13.1. The molecule has 0 aliphatic carbocycles. The Labute approximate surface area is 138 Å². The second-order valence-corrected chi connectivity index (χ2v) is 8.08. The number of nitrogens with zero attached hydrogens (tertiary/aromatic N) is 1. The number of benzene rings is 1. The van der Waals surface area contributed by atoms with E-state index < -0.39 is 28.7 Å². The lowest BCUT2D eigenvalue weighted by Gasteiger charge is -2.30. The number of rotatable bonds is 3. The first-order valence-corrected chi connectivity index (χ1v) is 8.24. The van der Waals surface area contributed by atoms with E-state index in [0.29, 0.717) is 5.56 Å². The molecule has 7 heteroatoms. The summed E-state index contributed by atoms with van der Waals surface area (Å²) in [5.74, 6) is -1.71. The van der Waals surface area contributed by atoms with Crippen LogP contribution in [0.2, 0.25) is 0 Å². The molecule has 1 aromatic carbocycles. The van der Waals surface area contributed by atoms with E-state index in [4.69, 9.17) is 5.11 Å². The summed E-state index contributed by atoms with van der Waals surface area (Å²) in [5.41, 5.74) is 1.53. The van der Waals surface area contributed by atoms with Crippen LogP contribution in [0.1, 0.15) is 42.1 Å². The van der Waals surface area contributed by atoms with E-state index in [1.54, 1.807) is 28.8 Å². The zero-order chi connectivity index (χ0) is 16.9. The van der Waals surface area contributed by atoms with Gasteiger partial charge in [-0.3, -0.25) is 14.4 Å². The highest BCUT2D eigenvalue weighted by Crippen LogP contribution is 2.56. The highest BCUT2D eigenvalue weighted by molar-refractivity contribution is 8.01. The molecule has 0 radical (unpaired) electrons. The number of carboxylic acids is 1. The number of thioether (sulfide) groups is 1. The molecule has 122 valence electrons. The Bertz CT molecular complexity index is 703. The van der Waals surface area contributed by atoms with E-state index in [1.165, 1.54) is 6.92 Å². The van der Waals surface area contributed by atoms with Gasteiger partial charge in [-0.1, -0.05) is 18.2 Å². The summed E-state index contributed by atoms with van der Waals surface area (Å²) >= 11 is 1.55. The minimum atomic E-state index is -1.10. The van der Waals surface area contributed by atoms with Gasteiger partial charge in [0, 0.05) is 10.3 Å². The third-order valence-corrected chi connectivity index (χ3v) is 5.81. The summed E-state index contributed by atoms with van der Waals surface area (Å²) in [6.45, 7) is 5.22. The summed E-state index contributed by atoms with van der Waals surface area (Å²) < 4.78 is -0.504. The SMILES string of the molecule is C[C@H](NC(=O)[C@@H]1N2C(=O)c3ccccc3[C@@H]2SC1(C)C)C(=O)O. The standard InChI is InChI=1S/C16H18N2O4S/c1-8(15(21)22)17-12(19)11-16(2,3)23-14-10-7-5-4-6-9(10)13(20)18(11)14/h4-8,11,14H,1-3H3,(H,17,19)(H,21,22)/t8-,11-,14-/m0/s1. The van der Waals surface area contributed by atoms with Crippen LogP contribution in [0.15, 0.2) is 24.3 Å². The summed E-state index contributed by atoms with van der Waals surface area (Å²) in [6, 6.07) is 5.64. The number of hydrogen-bond donors (Lipinski definition) is 2. The largest absolute Gasteiger partial charge is 0.480 e. The van der Waals surface area contributed by atoms with Gasteiger partial charge in [-0.15, -0.1) is 11.8 Å². The minimum absolute atomic E-state index is 0.174. The average Bonchev–Trinajstić information content (AvgIpc) is 2.90. The highest BCUT2D eigenvalue weighted by Gasteiger charge is 2.57. The molecule has 6 nitrogen and oxygen atoms in total. The Morgan fingerprint density at radius 3 is 2.65 bits per heavy atom. The number of aliphatic carboxylic acids is 1. The fourth-order valence-corrected chi connectivity index (χ4v) is 4.75. The molecular formula is C16H18N2O4S. The van der Waals surface area contributed by atoms with Gasteiger partial charge in [-0.05, 0) is 32.4 Å². The predicted molar refractivity (Wildman–Crippen MR) is 86.1 cm³/mol. The monoisotopic (exact) mass is 334 g/mol. The van der Waals surface area contributed by atoms with Crippen molar-refractivity contribution in [3.63, 3.8) is 0 Å². The van der Waals surface area contributed by atoms with Crippen molar-refractivity contribution in [2.45, 2.75) is 43.0 Å². The third-order valence-electron chi connectivity index (χ3n) is 4.27. The van der Waals surface area contributed by atoms with Crippen molar-refractivity contribution in [2.75, 3.05) is 0 Å². The Hall–Kier alpha value is -2.02. The fourth-order valence-electron chi connectivity index (χ4n) is 3.16. The molecule has 1 saturated heterocycles. The van der Waals surface area contributed by atoms with Crippen LogP contribution in [-0.2, 0) is 9.59 Å². The molecule has 1 aromatic rings. The van der Waals surface area contributed by atoms with Crippen molar-refractivity contribution in [1.29, 1.82) is 0 Å². The number of carboxylic acid groups (broad SMARTS) is 1. The molecule has 2 N–H and O–H groups in total. The average molecular weight is 334 g/mol.